The Kier molecular flexibility index (Phi) is 3.80. The molecule has 2 aromatic rings. The van der Waals surface area contributed by atoms with Gasteiger partial charge < -0.3 is 0 Å². The van der Waals surface area contributed by atoms with Gasteiger partial charge in [-0.15, -0.1) is 0 Å². The molecule has 1 aliphatic heterocycles. The van der Waals surface area contributed by atoms with E-state index in [2.05, 4.69) is 69.8 Å². The van der Waals surface area contributed by atoms with E-state index >= 15 is 0 Å². The summed E-state index contributed by atoms with van der Waals surface area (Å²) >= 11 is 0. The van der Waals surface area contributed by atoms with Crippen LogP contribution in [0.4, 0.5) is 0 Å². The van der Waals surface area contributed by atoms with Crippen molar-refractivity contribution in [1.82, 2.24) is 0 Å². The highest BCUT2D eigenvalue weighted by Gasteiger charge is 2.45. The zero-order chi connectivity index (χ0) is 16.9. The number of benzene rings is 2. The van der Waals surface area contributed by atoms with Gasteiger partial charge in [0.2, 0.25) is 0 Å². The van der Waals surface area contributed by atoms with Crippen LogP contribution in [0.3, 0.4) is 0 Å². The predicted octanol–water partition coefficient (Wildman–Crippen LogP) is 5.89. The van der Waals surface area contributed by atoms with Crippen molar-refractivity contribution in [1.29, 1.82) is 0 Å². The minimum absolute atomic E-state index is 1.18. The molecule has 2 aromatic carbocycles. The molecule has 0 spiro atoms. The Morgan fingerprint density at radius 2 is 1.50 bits per heavy atom. The van der Waals surface area contributed by atoms with Crippen molar-refractivity contribution in [3.63, 3.8) is 0 Å². The summed E-state index contributed by atoms with van der Waals surface area (Å²) in [5.74, 6) is 0. The average Bonchev–Trinajstić information content (AvgIpc) is 3.00. The van der Waals surface area contributed by atoms with Crippen LogP contribution in [0.15, 0.2) is 42.0 Å². The molecule has 0 nitrogen and oxygen atoms in total. The van der Waals surface area contributed by atoms with Crippen molar-refractivity contribution in [2.75, 3.05) is 0 Å². The molecule has 1 heterocycles. The summed E-state index contributed by atoms with van der Waals surface area (Å²) in [5, 5.41) is 3.37. The average molecular weight is 332 g/mol. The number of fused-ring (bicyclic) bond motifs is 1. The topological polar surface area (TPSA) is 0 Å². The van der Waals surface area contributed by atoms with Gasteiger partial charge in [0.15, 0.2) is 0 Å². The largest absolute Gasteiger partial charge is 0.113 e. The second kappa shape index (κ2) is 5.74. The van der Waals surface area contributed by atoms with Gasteiger partial charge in [0.25, 0.3) is 0 Å². The van der Waals surface area contributed by atoms with Crippen molar-refractivity contribution in [2.24, 2.45) is 0 Å². The molecule has 0 unspecified atom stereocenters. The maximum Gasteiger partial charge on any atom is 0.113 e. The van der Waals surface area contributed by atoms with Gasteiger partial charge in [-0.05, 0) is 51.0 Å². The van der Waals surface area contributed by atoms with E-state index in [1.54, 1.807) is 27.1 Å². The quantitative estimate of drug-likeness (QED) is 0.599. The van der Waals surface area contributed by atoms with E-state index in [-0.39, 0.29) is 0 Å². The zero-order valence-corrected chi connectivity index (χ0v) is 16.4. The van der Waals surface area contributed by atoms with Gasteiger partial charge >= 0.3 is 0 Å². The van der Waals surface area contributed by atoms with E-state index < -0.39 is 8.07 Å². The fourth-order valence-electron chi connectivity index (χ4n) is 4.69. The maximum atomic E-state index is 2.54. The summed E-state index contributed by atoms with van der Waals surface area (Å²) in [5.41, 5.74) is 9.09. The Bertz CT molecular complexity index is 822. The lowest BCUT2D eigenvalue weighted by Gasteiger charge is -2.21. The molecule has 4 rings (SSSR count). The lowest BCUT2D eigenvalue weighted by atomic mass is 9.96. The van der Waals surface area contributed by atoms with E-state index in [1.165, 1.54) is 42.4 Å². The zero-order valence-electron chi connectivity index (χ0n) is 15.4. The Hall–Kier alpha value is -1.60. The standard InChI is InChI=1S/C23H27Si/c1-5-7-16-9-11-17(12-10-16)21-20-14-13-18-15-19(8-6-2)23(22(18)21)24(20,3)4/h9-15H,5-8H2,1-4H3. The Balaban J connectivity index is 1.88. The molecule has 0 atom stereocenters. The predicted molar refractivity (Wildman–Crippen MR) is 108 cm³/mol. The molecule has 0 fully saturated rings. The van der Waals surface area contributed by atoms with Crippen LogP contribution in [0.2, 0.25) is 13.1 Å². The first-order valence-electron chi connectivity index (χ1n) is 9.43. The lowest BCUT2D eigenvalue weighted by Crippen LogP contribution is -2.39. The van der Waals surface area contributed by atoms with Crippen molar-refractivity contribution >= 4 is 18.5 Å². The van der Waals surface area contributed by atoms with Gasteiger partial charge in [0.05, 0.1) is 0 Å². The summed E-state index contributed by atoms with van der Waals surface area (Å²) in [6.07, 6.45) is 7.33. The lowest BCUT2D eigenvalue weighted by molar-refractivity contribution is 0.922. The molecule has 0 amide bonds. The van der Waals surface area contributed by atoms with Crippen LogP contribution in [0, 0.1) is 6.42 Å². The summed E-state index contributed by atoms with van der Waals surface area (Å²) in [7, 11) is -1.55. The Morgan fingerprint density at radius 1 is 0.792 bits per heavy atom. The molecule has 24 heavy (non-hydrogen) atoms. The van der Waals surface area contributed by atoms with Gasteiger partial charge in [-0.25, -0.2) is 0 Å². The van der Waals surface area contributed by atoms with Gasteiger partial charge in [-0.3, -0.25) is 0 Å². The number of aryl methyl sites for hydroxylation is 1. The van der Waals surface area contributed by atoms with Gasteiger partial charge in [-0.2, -0.15) is 0 Å². The van der Waals surface area contributed by atoms with E-state index in [9.17, 15) is 0 Å². The highest BCUT2D eigenvalue weighted by molar-refractivity contribution is 7.07. The van der Waals surface area contributed by atoms with E-state index in [0.29, 0.717) is 0 Å². The molecule has 2 bridgehead atoms. The van der Waals surface area contributed by atoms with Crippen LogP contribution in [-0.4, -0.2) is 8.07 Å². The van der Waals surface area contributed by atoms with Gasteiger partial charge in [0, 0.05) is 6.42 Å². The molecule has 0 saturated carbocycles. The third-order valence-electron chi connectivity index (χ3n) is 5.74. The Labute approximate surface area is 147 Å². The monoisotopic (exact) mass is 331 g/mol. The third-order valence-corrected chi connectivity index (χ3v) is 9.32. The number of hydrogen-bond donors (Lipinski definition) is 0. The smallest absolute Gasteiger partial charge is 0.0651 e. The van der Waals surface area contributed by atoms with Crippen LogP contribution < -0.4 is 5.19 Å². The van der Waals surface area contributed by atoms with Gasteiger partial charge in [0.1, 0.15) is 8.07 Å². The summed E-state index contributed by atoms with van der Waals surface area (Å²) < 4.78 is 0. The summed E-state index contributed by atoms with van der Waals surface area (Å²) in [4.78, 5) is 0. The first kappa shape index (κ1) is 15.9. The molecule has 0 saturated heterocycles. The van der Waals surface area contributed by atoms with E-state index in [1.807, 2.05) is 0 Å². The van der Waals surface area contributed by atoms with Crippen molar-refractivity contribution in [3.05, 3.63) is 65.1 Å². The first-order valence-corrected chi connectivity index (χ1v) is 12.4. The van der Waals surface area contributed by atoms with Crippen molar-refractivity contribution < 1.29 is 0 Å². The van der Waals surface area contributed by atoms with Crippen molar-refractivity contribution in [3.8, 4) is 11.1 Å². The highest BCUT2D eigenvalue weighted by atomic mass is 28.3. The number of rotatable bonds is 5. The third kappa shape index (κ3) is 2.18. The molecular formula is C23H27Si. The van der Waals surface area contributed by atoms with E-state index in [0.717, 1.165) is 0 Å². The van der Waals surface area contributed by atoms with E-state index in [4.69, 9.17) is 0 Å². The number of allylic oxidation sites excluding steroid dienone is 1. The molecule has 1 radical (unpaired) electrons. The van der Waals surface area contributed by atoms with Crippen LogP contribution in [0.1, 0.15) is 49.8 Å². The normalized spacial score (nSPS) is 17.0. The minimum atomic E-state index is -1.55. The van der Waals surface area contributed by atoms with Crippen molar-refractivity contribution in [2.45, 2.75) is 52.6 Å². The molecule has 0 N–H and O–H groups in total. The molecular weight excluding hydrogens is 304 g/mol. The molecule has 1 heteroatoms. The van der Waals surface area contributed by atoms with Gasteiger partial charge in [-0.1, -0.05) is 81.8 Å². The second-order valence-corrected chi connectivity index (χ2v) is 12.1. The molecule has 2 aliphatic rings. The fourth-order valence-corrected chi connectivity index (χ4v) is 8.25. The highest BCUT2D eigenvalue weighted by Crippen LogP contribution is 2.50. The first-order chi connectivity index (χ1) is 11.6. The second-order valence-electron chi connectivity index (χ2n) is 7.82. The minimum Gasteiger partial charge on any atom is -0.0651 e. The number of hydrogen-bond acceptors (Lipinski definition) is 0. The maximum absolute atomic E-state index is 2.54. The molecule has 123 valence electrons. The summed E-state index contributed by atoms with van der Waals surface area (Å²) in [6.45, 7) is 9.63. The Morgan fingerprint density at radius 3 is 2.17 bits per heavy atom. The molecule has 0 aromatic heterocycles. The summed E-state index contributed by atoms with van der Waals surface area (Å²) in [6, 6.07) is 14.2. The van der Waals surface area contributed by atoms with Crippen LogP contribution in [0.25, 0.3) is 16.3 Å². The van der Waals surface area contributed by atoms with Crippen LogP contribution in [0.5, 0.6) is 0 Å². The fraction of sp³-hybridized carbons (Fsp3) is 0.348. The van der Waals surface area contributed by atoms with Crippen LogP contribution >= 0.6 is 0 Å². The van der Waals surface area contributed by atoms with Crippen LogP contribution in [-0.2, 0) is 6.42 Å². The SMILES string of the molecule is CCCC1=C2c3c(ccc(c3-c3ccc(CCC)cc3)[Si]2(C)C)[CH]1. The molecule has 1 aliphatic carbocycles.